The van der Waals surface area contributed by atoms with Gasteiger partial charge in [0.15, 0.2) is 0 Å². The summed E-state index contributed by atoms with van der Waals surface area (Å²) in [5.41, 5.74) is 1.97. The molecule has 0 radical (unpaired) electrons. The molecular formula is C20H32N2O2. The third-order valence-corrected chi connectivity index (χ3v) is 4.79. The van der Waals surface area contributed by atoms with Gasteiger partial charge in [0.05, 0.1) is 13.2 Å². The van der Waals surface area contributed by atoms with Crippen molar-refractivity contribution in [3.8, 4) is 0 Å². The van der Waals surface area contributed by atoms with Crippen LogP contribution < -0.4 is 5.32 Å². The van der Waals surface area contributed by atoms with Gasteiger partial charge < -0.3 is 10.1 Å². The van der Waals surface area contributed by atoms with Crippen molar-refractivity contribution in [3.63, 3.8) is 0 Å². The van der Waals surface area contributed by atoms with Gasteiger partial charge in [0.2, 0.25) is 0 Å². The lowest BCUT2D eigenvalue weighted by atomic mass is 9.99. The molecule has 1 aromatic rings. The summed E-state index contributed by atoms with van der Waals surface area (Å²) in [6.07, 6.45) is 4.78. The Morgan fingerprint density at radius 1 is 1.29 bits per heavy atom. The van der Waals surface area contributed by atoms with Gasteiger partial charge in [-0.2, -0.15) is 0 Å². The first-order valence-corrected chi connectivity index (χ1v) is 9.40. The standard InChI is InChI=1S/C20H32N2O2/c1-3-5-7-17(4-2)15-21-20(23)19-9-6-8-18(14-19)16-22-10-12-24-13-11-22/h6,8-9,14,17H,3-5,7,10-13,15-16H2,1-2H3,(H,21,23). The van der Waals surface area contributed by atoms with E-state index in [0.29, 0.717) is 5.92 Å². The zero-order chi connectivity index (χ0) is 17.2. The third kappa shape index (κ3) is 6.25. The highest BCUT2D eigenvalue weighted by atomic mass is 16.5. The molecule has 0 aromatic heterocycles. The number of unbranched alkanes of at least 4 members (excludes halogenated alkanes) is 1. The normalized spacial score (nSPS) is 16.8. The summed E-state index contributed by atoms with van der Waals surface area (Å²) in [6, 6.07) is 8.02. The van der Waals surface area contributed by atoms with Crippen LogP contribution in [-0.4, -0.2) is 43.7 Å². The molecule has 1 saturated heterocycles. The molecule has 0 aliphatic carbocycles. The van der Waals surface area contributed by atoms with Crippen molar-refractivity contribution < 1.29 is 9.53 Å². The molecule has 1 fully saturated rings. The molecule has 24 heavy (non-hydrogen) atoms. The molecule has 2 rings (SSSR count). The second-order valence-electron chi connectivity index (χ2n) is 6.72. The monoisotopic (exact) mass is 332 g/mol. The molecule has 1 N–H and O–H groups in total. The van der Waals surface area contributed by atoms with Crippen molar-refractivity contribution in [2.24, 2.45) is 5.92 Å². The van der Waals surface area contributed by atoms with Crippen molar-refractivity contribution in [1.82, 2.24) is 10.2 Å². The van der Waals surface area contributed by atoms with E-state index in [1.807, 2.05) is 18.2 Å². The number of hydrogen-bond acceptors (Lipinski definition) is 3. The first-order chi connectivity index (χ1) is 11.7. The van der Waals surface area contributed by atoms with Gasteiger partial charge in [-0.25, -0.2) is 0 Å². The van der Waals surface area contributed by atoms with Crippen LogP contribution in [0.15, 0.2) is 24.3 Å². The van der Waals surface area contributed by atoms with Crippen LogP contribution in [0, 0.1) is 5.92 Å². The Morgan fingerprint density at radius 2 is 2.08 bits per heavy atom. The average molecular weight is 332 g/mol. The highest BCUT2D eigenvalue weighted by molar-refractivity contribution is 5.94. The Hall–Kier alpha value is -1.39. The molecule has 1 unspecified atom stereocenters. The van der Waals surface area contributed by atoms with E-state index in [4.69, 9.17) is 4.74 Å². The molecule has 0 saturated carbocycles. The van der Waals surface area contributed by atoms with Crippen LogP contribution in [0.5, 0.6) is 0 Å². The minimum absolute atomic E-state index is 0.0498. The van der Waals surface area contributed by atoms with Gasteiger partial charge in [-0.1, -0.05) is 45.2 Å². The van der Waals surface area contributed by atoms with Crippen molar-refractivity contribution in [2.45, 2.75) is 46.1 Å². The van der Waals surface area contributed by atoms with E-state index in [9.17, 15) is 4.79 Å². The molecule has 4 heteroatoms. The molecule has 1 aromatic carbocycles. The maximum absolute atomic E-state index is 12.4. The van der Waals surface area contributed by atoms with E-state index in [1.165, 1.54) is 24.8 Å². The summed E-state index contributed by atoms with van der Waals surface area (Å²) in [7, 11) is 0. The molecule has 1 heterocycles. The van der Waals surface area contributed by atoms with Crippen molar-refractivity contribution in [1.29, 1.82) is 0 Å². The molecule has 1 atom stereocenters. The number of amides is 1. The topological polar surface area (TPSA) is 41.6 Å². The second kappa shape index (κ2) is 10.5. The fourth-order valence-electron chi connectivity index (χ4n) is 3.11. The molecule has 0 bridgehead atoms. The number of hydrogen-bond donors (Lipinski definition) is 1. The predicted molar refractivity (Wildman–Crippen MR) is 98.2 cm³/mol. The lowest BCUT2D eigenvalue weighted by Crippen LogP contribution is -2.35. The average Bonchev–Trinajstić information content (AvgIpc) is 2.63. The number of benzene rings is 1. The second-order valence-corrected chi connectivity index (χ2v) is 6.72. The fourth-order valence-corrected chi connectivity index (χ4v) is 3.11. The minimum Gasteiger partial charge on any atom is -0.379 e. The van der Waals surface area contributed by atoms with Crippen LogP contribution in [-0.2, 0) is 11.3 Å². The quantitative estimate of drug-likeness (QED) is 0.753. The predicted octanol–water partition coefficient (Wildman–Crippen LogP) is 3.47. The maximum Gasteiger partial charge on any atom is 0.251 e. The number of morpholine rings is 1. The van der Waals surface area contributed by atoms with Crippen LogP contribution in [0.25, 0.3) is 0 Å². The molecule has 134 valence electrons. The van der Waals surface area contributed by atoms with Gasteiger partial charge in [0.25, 0.3) is 5.91 Å². The molecule has 1 aliphatic heterocycles. The van der Waals surface area contributed by atoms with Gasteiger partial charge in [-0.05, 0) is 30.0 Å². The molecular weight excluding hydrogens is 300 g/mol. The van der Waals surface area contributed by atoms with Crippen LogP contribution in [0.4, 0.5) is 0 Å². The van der Waals surface area contributed by atoms with Crippen LogP contribution >= 0.6 is 0 Å². The summed E-state index contributed by atoms with van der Waals surface area (Å²) in [5.74, 6) is 0.638. The number of nitrogens with one attached hydrogen (secondary N) is 1. The van der Waals surface area contributed by atoms with E-state index >= 15 is 0 Å². The Balaban J connectivity index is 1.86. The van der Waals surface area contributed by atoms with E-state index < -0.39 is 0 Å². The molecule has 0 spiro atoms. The van der Waals surface area contributed by atoms with Gasteiger partial charge in [0, 0.05) is 31.7 Å². The van der Waals surface area contributed by atoms with Crippen molar-refractivity contribution in [3.05, 3.63) is 35.4 Å². The van der Waals surface area contributed by atoms with Gasteiger partial charge in [0.1, 0.15) is 0 Å². The molecule has 1 amide bonds. The Bertz CT molecular complexity index is 498. The third-order valence-electron chi connectivity index (χ3n) is 4.79. The molecule has 4 nitrogen and oxygen atoms in total. The zero-order valence-electron chi connectivity index (χ0n) is 15.2. The highest BCUT2D eigenvalue weighted by Crippen LogP contribution is 2.13. The largest absolute Gasteiger partial charge is 0.379 e. The maximum atomic E-state index is 12.4. The number of nitrogens with zero attached hydrogens (tertiary/aromatic N) is 1. The number of carbonyl (C=O) groups is 1. The SMILES string of the molecule is CCCCC(CC)CNC(=O)c1cccc(CN2CCOCC2)c1. The Kier molecular flexibility index (Phi) is 8.26. The lowest BCUT2D eigenvalue weighted by Gasteiger charge is -2.26. The van der Waals surface area contributed by atoms with Gasteiger partial charge in [-0.15, -0.1) is 0 Å². The summed E-state index contributed by atoms with van der Waals surface area (Å²) in [6.45, 7) is 9.62. The highest BCUT2D eigenvalue weighted by Gasteiger charge is 2.13. The fraction of sp³-hybridized carbons (Fsp3) is 0.650. The first-order valence-electron chi connectivity index (χ1n) is 9.40. The van der Waals surface area contributed by atoms with Gasteiger partial charge >= 0.3 is 0 Å². The first kappa shape index (κ1) is 18.9. The van der Waals surface area contributed by atoms with E-state index in [0.717, 1.165) is 51.4 Å². The minimum atomic E-state index is 0.0498. The number of carbonyl (C=O) groups excluding carboxylic acids is 1. The van der Waals surface area contributed by atoms with Crippen molar-refractivity contribution >= 4 is 5.91 Å². The Labute approximate surface area is 146 Å². The van der Waals surface area contributed by atoms with E-state index in [-0.39, 0.29) is 5.91 Å². The lowest BCUT2D eigenvalue weighted by molar-refractivity contribution is 0.0342. The Morgan fingerprint density at radius 3 is 2.79 bits per heavy atom. The van der Waals surface area contributed by atoms with E-state index in [2.05, 4.69) is 30.1 Å². The number of ether oxygens (including phenoxy) is 1. The van der Waals surface area contributed by atoms with Crippen LogP contribution in [0.3, 0.4) is 0 Å². The number of rotatable bonds is 9. The van der Waals surface area contributed by atoms with E-state index in [1.54, 1.807) is 0 Å². The molecule has 1 aliphatic rings. The summed E-state index contributed by atoms with van der Waals surface area (Å²) < 4.78 is 5.39. The summed E-state index contributed by atoms with van der Waals surface area (Å²) in [5, 5.41) is 3.12. The van der Waals surface area contributed by atoms with Crippen LogP contribution in [0.2, 0.25) is 0 Å². The van der Waals surface area contributed by atoms with Crippen molar-refractivity contribution in [2.75, 3.05) is 32.8 Å². The summed E-state index contributed by atoms with van der Waals surface area (Å²) in [4.78, 5) is 14.8. The zero-order valence-corrected chi connectivity index (χ0v) is 15.2. The smallest absolute Gasteiger partial charge is 0.251 e. The van der Waals surface area contributed by atoms with Crippen LogP contribution in [0.1, 0.15) is 55.5 Å². The summed E-state index contributed by atoms with van der Waals surface area (Å²) >= 11 is 0. The van der Waals surface area contributed by atoms with Gasteiger partial charge in [-0.3, -0.25) is 9.69 Å².